The molecule has 3 rings (SSSR count). The van der Waals surface area contributed by atoms with E-state index < -0.39 is 0 Å². The van der Waals surface area contributed by atoms with Gasteiger partial charge in [0, 0.05) is 17.3 Å². The van der Waals surface area contributed by atoms with Gasteiger partial charge in [-0.15, -0.1) is 0 Å². The van der Waals surface area contributed by atoms with Gasteiger partial charge in [-0.05, 0) is 55.8 Å². The topological polar surface area (TPSA) is 51.2 Å². The Bertz CT molecular complexity index is 984. The van der Waals surface area contributed by atoms with Crippen molar-refractivity contribution in [2.45, 2.75) is 19.9 Å². The molecule has 0 radical (unpaired) electrons. The molecule has 1 heterocycles. The highest BCUT2D eigenvalue weighted by atomic mass is 19.1. The number of halogens is 1. The Kier molecular flexibility index (Phi) is 6.17. The lowest BCUT2D eigenvalue weighted by atomic mass is 10.1. The van der Waals surface area contributed by atoms with Crippen molar-refractivity contribution in [2.24, 2.45) is 0 Å². The van der Waals surface area contributed by atoms with Crippen LogP contribution in [0.25, 0.3) is 6.08 Å². The lowest BCUT2D eigenvalue weighted by Gasteiger charge is -2.14. The molecule has 1 aromatic heterocycles. The number of hydrogen-bond acceptors (Lipinski definition) is 3. The third kappa shape index (κ3) is 5.27. The second kappa shape index (κ2) is 8.95. The summed E-state index contributed by atoms with van der Waals surface area (Å²) in [5.74, 6) is 0.637. The Morgan fingerprint density at radius 2 is 1.93 bits per heavy atom. The van der Waals surface area contributed by atoms with Crippen molar-refractivity contribution in [1.82, 2.24) is 10.3 Å². The van der Waals surface area contributed by atoms with Gasteiger partial charge in [0.1, 0.15) is 17.3 Å². The number of carbonyl (C=O) groups excluding carboxylic acids is 1. The van der Waals surface area contributed by atoms with Gasteiger partial charge in [0.25, 0.3) is 0 Å². The van der Waals surface area contributed by atoms with E-state index in [1.165, 1.54) is 18.2 Å². The molecule has 3 aromatic rings. The number of aryl methyl sites for hydroxylation is 1. The molecule has 0 aliphatic rings. The highest BCUT2D eigenvalue weighted by molar-refractivity contribution is 5.92. The molecule has 1 amide bonds. The molecule has 5 heteroatoms. The molecule has 0 aliphatic heterocycles. The van der Waals surface area contributed by atoms with Gasteiger partial charge in [0.15, 0.2) is 0 Å². The molecule has 4 nitrogen and oxygen atoms in total. The molecule has 2 aromatic carbocycles. The fraction of sp³-hybridized carbons (Fsp3) is 0.130. The molecule has 1 N–H and O–H groups in total. The van der Waals surface area contributed by atoms with Gasteiger partial charge in [-0.3, -0.25) is 9.78 Å². The molecule has 0 bridgehead atoms. The molecule has 0 saturated carbocycles. The first-order valence-corrected chi connectivity index (χ1v) is 8.95. The van der Waals surface area contributed by atoms with Crippen LogP contribution in [0.1, 0.15) is 29.8 Å². The summed E-state index contributed by atoms with van der Waals surface area (Å²) in [5, 5.41) is 2.87. The Labute approximate surface area is 163 Å². The molecule has 28 heavy (non-hydrogen) atoms. The van der Waals surface area contributed by atoms with Crippen molar-refractivity contribution in [3.05, 3.63) is 95.6 Å². The largest absolute Gasteiger partial charge is 0.456 e. The average molecular weight is 376 g/mol. The van der Waals surface area contributed by atoms with Crippen molar-refractivity contribution in [3.63, 3.8) is 0 Å². The van der Waals surface area contributed by atoms with Crippen LogP contribution in [0, 0.1) is 12.7 Å². The van der Waals surface area contributed by atoms with E-state index in [1.54, 1.807) is 24.4 Å². The molecule has 1 unspecified atom stereocenters. The van der Waals surface area contributed by atoms with E-state index in [0.717, 1.165) is 11.3 Å². The van der Waals surface area contributed by atoms with Crippen LogP contribution in [0.5, 0.6) is 11.5 Å². The van der Waals surface area contributed by atoms with Crippen LogP contribution < -0.4 is 10.1 Å². The summed E-state index contributed by atoms with van der Waals surface area (Å²) in [5.41, 5.74) is 2.18. The predicted octanol–water partition coefficient (Wildman–Crippen LogP) is 5.21. The van der Waals surface area contributed by atoms with Gasteiger partial charge >= 0.3 is 0 Å². The number of ether oxygens (including phenoxy) is 1. The zero-order valence-corrected chi connectivity index (χ0v) is 15.7. The van der Waals surface area contributed by atoms with Gasteiger partial charge in [-0.25, -0.2) is 4.39 Å². The zero-order valence-electron chi connectivity index (χ0n) is 15.7. The fourth-order valence-corrected chi connectivity index (χ4v) is 2.62. The highest BCUT2D eigenvalue weighted by Gasteiger charge is 2.09. The number of carbonyl (C=O) groups is 1. The number of aromatic nitrogens is 1. The SMILES string of the molecule is Cc1ccc(Oc2cccc(C(C)NC(=O)/C=C/c3ccccc3F)c2)cn1. The lowest BCUT2D eigenvalue weighted by molar-refractivity contribution is -0.117. The van der Waals surface area contributed by atoms with Crippen LogP contribution in [0.4, 0.5) is 4.39 Å². The van der Waals surface area contributed by atoms with Crippen molar-refractivity contribution in [2.75, 3.05) is 0 Å². The first-order valence-electron chi connectivity index (χ1n) is 8.95. The van der Waals surface area contributed by atoms with Gasteiger partial charge in [-0.1, -0.05) is 30.3 Å². The Hall–Kier alpha value is -3.47. The minimum Gasteiger partial charge on any atom is -0.456 e. The van der Waals surface area contributed by atoms with Gasteiger partial charge in [-0.2, -0.15) is 0 Å². The second-order valence-corrected chi connectivity index (χ2v) is 6.39. The van der Waals surface area contributed by atoms with Crippen LogP contribution >= 0.6 is 0 Å². The molecule has 0 aliphatic carbocycles. The van der Waals surface area contributed by atoms with Crippen LogP contribution in [-0.2, 0) is 4.79 Å². The Balaban J connectivity index is 1.64. The average Bonchev–Trinajstić information content (AvgIpc) is 2.69. The summed E-state index contributed by atoms with van der Waals surface area (Å²) in [6, 6.07) is 17.3. The van der Waals surface area contributed by atoms with E-state index in [0.29, 0.717) is 17.1 Å². The minimum absolute atomic E-state index is 0.238. The smallest absolute Gasteiger partial charge is 0.244 e. The van der Waals surface area contributed by atoms with Gasteiger partial charge in [0.05, 0.1) is 12.2 Å². The molecule has 142 valence electrons. The standard InChI is InChI=1S/C23H21FN2O2/c1-16-10-12-21(15-25-16)28-20-8-5-7-19(14-20)17(2)26-23(27)13-11-18-6-3-4-9-22(18)24/h3-15,17H,1-2H3,(H,26,27)/b13-11+. The van der Waals surface area contributed by atoms with Crippen LogP contribution in [0.2, 0.25) is 0 Å². The van der Waals surface area contributed by atoms with Gasteiger partial charge < -0.3 is 10.1 Å². The van der Waals surface area contributed by atoms with E-state index >= 15 is 0 Å². The van der Waals surface area contributed by atoms with Crippen molar-refractivity contribution >= 4 is 12.0 Å². The highest BCUT2D eigenvalue weighted by Crippen LogP contribution is 2.24. The number of nitrogens with zero attached hydrogens (tertiary/aromatic N) is 1. The van der Waals surface area contributed by atoms with Crippen LogP contribution in [-0.4, -0.2) is 10.9 Å². The number of amides is 1. The Morgan fingerprint density at radius 1 is 1.11 bits per heavy atom. The molecule has 0 fully saturated rings. The molecular formula is C23H21FN2O2. The van der Waals surface area contributed by atoms with Crippen molar-refractivity contribution < 1.29 is 13.9 Å². The minimum atomic E-state index is -0.366. The monoisotopic (exact) mass is 376 g/mol. The Morgan fingerprint density at radius 3 is 2.68 bits per heavy atom. The third-order valence-electron chi connectivity index (χ3n) is 4.16. The molecule has 1 atom stereocenters. The summed E-state index contributed by atoms with van der Waals surface area (Å²) < 4.78 is 19.4. The predicted molar refractivity (Wildman–Crippen MR) is 107 cm³/mol. The number of nitrogens with one attached hydrogen (secondary N) is 1. The number of pyridine rings is 1. The quantitative estimate of drug-likeness (QED) is 0.601. The first-order chi connectivity index (χ1) is 13.5. The molecule has 0 spiro atoms. The zero-order chi connectivity index (χ0) is 19.9. The third-order valence-corrected chi connectivity index (χ3v) is 4.16. The van der Waals surface area contributed by atoms with Crippen LogP contribution in [0.3, 0.4) is 0 Å². The van der Waals surface area contributed by atoms with Crippen molar-refractivity contribution in [3.8, 4) is 11.5 Å². The summed E-state index contributed by atoms with van der Waals surface area (Å²) in [4.78, 5) is 16.4. The van der Waals surface area contributed by atoms with E-state index in [9.17, 15) is 9.18 Å². The number of rotatable bonds is 6. The number of benzene rings is 2. The number of hydrogen-bond donors (Lipinski definition) is 1. The summed E-state index contributed by atoms with van der Waals surface area (Å²) >= 11 is 0. The van der Waals surface area contributed by atoms with E-state index in [2.05, 4.69) is 10.3 Å². The lowest BCUT2D eigenvalue weighted by Crippen LogP contribution is -2.24. The van der Waals surface area contributed by atoms with E-state index in [4.69, 9.17) is 4.74 Å². The summed E-state index contributed by atoms with van der Waals surface area (Å²) in [7, 11) is 0. The molecule has 0 saturated heterocycles. The first kappa shape index (κ1) is 19.3. The van der Waals surface area contributed by atoms with Crippen molar-refractivity contribution in [1.29, 1.82) is 0 Å². The van der Waals surface area contributed by atoms with E-state index in [-0.39, 0.29) is 17.8 Å². The maximum atomic E-state index is 13.6. The van der Waals surface area contributed by atoms with Crippen LogP contribution in [0.15, 0.2) is 72.9 Å². The second-order valence-electron chi connectivity index (χ2n) is 6.39. The van der Waals surface area contributed by atoms with E-state index in [1.807, 2.05) is 50.2 Å². The maximum absolute atomic E-state index is 13.6. The van der Waals surface area contributed by atoms with Gasteiger partial charge in [0.2, 0.25) is 5.91 Å². The summed E-state index contributed by atoms with van der Waals surface area (Å²) in [6.07, 6.45) is 4.45. The molecular weight excluding hydrogens is 355 g/mol. The fourth-order valence-electron chi connectivity index (χ4n) is 2.62. The summed E-state index contributed by atoms with van der Waals surface area (Å²) in [6.45, 7) is 3.79. The normalized spacial score (nSPS) is 12.0. The maximum Gasteiger partial charge on any atom is 0.244 e.